The van der Waals surface area contributed by atoms with Gasteiger partial charge >= 0.3 is 12.1 Å². The SMILES string of the molecule is CC1COC(=O)O1.CCCCCCCCCCCC(=O)O. The zero-order valence-electron chi connectivity index (χ0n) is 13.4. The van der Waals surface area contributed by atoms with E-state index in [2.05, 4.69) is 16.4 Å². The highest BCUT2D eigenvalue weighted by atomic mass is 16.8. The Morgan fingerprint density at radius 1 is 1.10 bits per heavy atom. The van der Waals surface area contributed by atoms with Gasteiger partial charge in [-0.25, -0.2) is 4.79 Å². The zero-order valence-corrected chi connectivity index (χ0v) is 13.4. The molecule has 1 rings (SSSR count). The van der Waals surface area contributed by atoms with E-state index >= 15 is 0 Å². The first-order chi connectivity index (χ1) is 10.1. The van der Waals surface area contributed by atoms with E-state index in [1.54, 1.807) is 6.92 Å². The van der Waals surface area contributed by atoms with Gasteiger partial charge in [0, 0.05) is 6.42 Å². The molecule has 1 aliphatic rings. The summed E-state index contributed by atoms with van der Waals surface area (Å²) in [6, 6.07) is 0. The first kappa shape index (κ1) is 19.7. The molecule has 0 aromatic heterocycles. The Balaban J connectivity index is 0.000000471. The highest BCUT2D eigenvalue weighted by Crippen LogP contribution is 2.10. The number of ether oxygens (including phenoxy) is 2. The summed E-state index contributed by atoms with van der Waals surface area (Å²) in [5, 5.41) is 8.41. The smallest absolute Gasteiger partial charge is 0.481 e. The van der Waals surface area contributed by atoms with Gasteiger partial charge in [0.2, 0.25) is 0 Å². The molecule has 1 fully saturated rings. The Labute approximate surface area is 128 Å². The van der Waals surface area contributed by atoms with E-state index in [1.807, 2.05) is 0 Å². The number of carboxylic acid groups (broad SMARTS) is 1. The quantitative estimate of drug-likeness (QED) is 0.474. The molecular formula is C16H30O5. The lowest BCUT2D eigenvalue weighted by molar-refractivity contribution is -0.137. The van der Waals surface area contributed by atoms with Gasteiger partial charge in [-0.3, -0.25) is 4.79 Å². The fraction of sp³-hybridized carbons (Fsp3) is 0.875. The first-order valence-electron chi connectivity index (χ1n) is 8.11. The minimum atomic E-state index is -0.659. The molecule has 21 heavy (non-hydrogen) atoms. The lowest BCUT2D eigenvalue weighted by Crippen LogP contribution is -2.01. The van der Waals surface area contributed by atoms with Crippen molar-refractivity contribution >= 4 is 12.1 Å². The lowest BCUT2D eigenvalue weighted by Gasteiger charge is -2.00. The third-order valence-electron chi connectivity index (χ3n) is 3.23. The van der Waals surface area contributed by atoms with Crippen LogP contribution < -0.4 is 0 Å². The Morgan fingerprint density at radius 2 is 1.62 bits per heavy atom. The summed E-state index contributed by atoms with van der Waals surface area (Å²) in [7, 11) is 0. The minimum Gasteiger partial charge on any atom is -0.481 e. The van der Waals surface area contributed by atoms with Crippen LogP contribution in [0.2, 0.25) is 0 Å². The van der Waals surface area contributed by atoms with E-state index in [9.17, 15) is 9.59 Å². The predicted molar refractivity (Wildman–Crippen MR) is 81.4 cm³/mol. The van der Waals surface area contributed by atoms with Crippen molar-refractivity contribution in [3.63, 3.8) is 0 Å². The molecule has 5 heteroatoms. The number of cyclic esters (lactones) is 2. The van der Waals surface area contributed by atoms with Gasteiger partial charge in [-0.2, -0.15) is 0 Å². The minimum absolute atomic E-state index is 0.0486. The summed E-state index contributed by atoms with van der Waals surface area (Å²) in [6.45, 7) is 4.41. The zero-order chi connectivity index (χ0) is 15.9. The summed E-state index contributed by atoms with van der Waals surface area (Å²) in [4.78, 5) is 20.2. The number of hydrogen-bond donors (Lipinski definition) is 1. The second-order valence-electron chi connectivity index (χ2n) is 5.46. The summed E-state index contributed by atoms with van der Waals surface area (Å²) < 4.78 is 8.90. The molecule has 0 amide bonds. The largest absolute Gasteiger partial charge is 0.508 e. The number of carboxylic acids is 1. The molecule has 1 N–H and O–H groups in total. The average molecular weight is 302 g/mol. The normalized spacial score (nSPS) is 16.7. The maximum atomic E-state index is 10.2. The maximum absolute atomic E-state index is 10.2. The summed E-state index contributed by atoms with van der Waals surface area (Å²) >= 11 is 0. The highest BCUT2D eigenvalue weighted by molar-refractivity contribution is 5.66. The third-order valence-corrected chi connectivity index (χ3v) is 3.23. The van der Waals surface area contributed by atoms with E-state index in [4.69, 9.17) is 5.11 Å². The molecule has 1 unspecified atom stereocenters. The van der Waals surface area contributed by atoms with Crippen LogP contribution in [0.5, 0.6) is 0 Å². The van der Waals surface area contributed by atoms with Gasteiger partial charge in [0.25, 0.3) is 0 Å². The fourth-order valence-electron chi connectivity index (χ4n) is 2.00. The van der Waals surface area contributed by atoms with Crippen LogP contribution in [0.1, 0.15) is 78.1 Å². The molecule has 1 aliphatic heterocycles. The third kappa shape index (κ3) is 15.0. The number of carbonyl (C=O) groups is 2. The fourth-order valence-corrected chi connectivity index (χ4v) is 2.00. The summed E-state index contributed by atoms with van der Waals surface area (Å²) in [5.41, 5.74) is 0. The van der Waals surface area contributed by atoms with Crippen molar-refractivity contribution < 1.29 is 24.2 Å². The molecule has 1 saturated heterocycles. The Bertz CT molecular complexity index is 278. The van der Waals surface area contributed by atoms with E-state index in [1.165, 1.54) is 44.9 Å². The van der Waals surface area contributed by atoms with Gasteiger partial charge in [-0.1, -0.05) is 58.3 Å². The van der Waals surface area contributed by atoms with Crippen molar-refractivity contribution in [1.29, 1.82) is 0 Å². The van der Waals surface area contributed by atoms with Crippen LogP contribution in [0.25, 0.3) is 0 Å². The van der Waals surface area contributed by atoms with Crippen LogP contribution in [0.15, 0.2) is 0 Å². The molecule has 0 spiro atoms. The number of aliphatic carboxylic acids is 1. The molecule has 5 nitrogen and oxygen atoms in total. The van der Waals surface area contributed by atoms with Crippen LogP contribution in [0.3, 0.4) is 0 Å². The summed E-state index contributed by atoms with van der Waals surface area (Å²) in [6.07, 6.45) is 10.9. The van der Waals surface area contributed by atoms with Crippen molar-refractivity contribution in [1.82, 2.24) is 0 Å². The van der Waals surface area contributed by atoms with Crippen LogP contribution in [0, 0.1) is 0 Å². The van der Waals surface area contributed by atoms with Crippen molar-refractivity contribution in [2.24, 2.45) is 0 Å². The van der Waals surface area contributed by atoms with E-state index in [0.29, 0.717) is 13.0 Å². The van der Waals surface area contributed by atoms with Crippen LogP contribution >= 0.6 is 0 Å². The van der Waals surface area contributed by atoms with E-state index < -0.39 is 12.1 Å². The molecule has 0 aromatic rings. The van der Waals surface area contributed by atoms with Crippen LogP contribution in [-0.2, 0) is 14.3 Å². The molecule has 0 bridgehead atoms. The molecule has 1 atom stereocenters. The Hall–Kier alpha value is -1.26. The van der Waals surface area contributed by atoms with E-state index in [0.717, 1.165) is 12.8 Å². The van der Waals surface area contributed by atoms with Crippen molar-refractivity contribution in [2.75, 3.05) is 6.61 Å². The molecule has 0 radical (unpaired) electrons. The monoisotopic (exact) mass is 302 g/mol. The van der Waals surface area contributed by atoms with Gasteiger partial charge in [-0.15, -0.1) is 0 Å². The van der Waals surface area contributed by atoms with Crippen LogP contribution in [0.4, 0.5) is 4.79 Å². The second-order valence-corrected chi connectivity index (χ2v) is 5.46. The second kappa shape index (κ2) is 13.7. The van der Waals surface area contributed by atoms with Gasteiger partial charge in [0.1, 0.15) is 12.7 Å². The number of unbranched alkanes of at least 4 members (excludes halogenated alkanes) is 8. The Morgan fingerprint density at radius 3 is 1.95 bits per heavy atom. The highest BCUT2D eigenvalue weighted by Gasteiger charge is 2.19. The van der Waals surface area contributed by atoms with Crippen molar-refractivity contribution in [3.8, 4) is 0 Å². The average Bonchev–Trinajstić information content (AvgIpc) is 2.81. The van der Waals surface area contributed by atoms with Gasteiger partial charge in [-0.05, 0) is 13.3 Å². The van der Waals surface area contributed by atoms with Crippen LogP contribution in [-0.4, -0.2) is 29.9 Å². The van der Waals surface area contributed by atoms with Gasteiger partial charge in [0.15, 0.2) is 0 Å². The maximum Gasteiger partial charge on any atom is 0.508 e. The van der Waals surface area contributed by atoms with E-state index in [-0.39, 0.29) is 6.10 Å². The molecule has 0 saturated carbocycles. The number of hydrogen-bond acceptors (Lipinski definition) is 4. The standard InChI is InChI=1S/C12H24O2.C4H6O3/c1-2-3-4-5-6-7-8-9-10-11-12(13)14;1-3-2-6-4(5)7-3/h2-11H2,1H3,(H,13,14);3H,2H2,1H3. The predicted octanol–water partition coefficient (Wildman–Crippen LogP) is 4.53. The molecule has 0 aromatic carbocycles. The summed E-state index contributed by atoms with van der Waals surface area (Å²) in [5.74, 6) is -0.659. The molecule has 1 heterocycles. The molecule has 0 aliphatic carbocycles. The molecule has 124 valence electrons. The van der Waals surface area contributed by atoms with Gasteiger partial charge < -0.3 is 14.6 Å². The van der Waals surface area contributed by atoms with Crippen molar-refractivity contribution in [2.45, 2.75) is 84.2 Å². The number of carbonyl (C=O) groups excluding carboxylic acids is 1. The number of rotatable bonds is 10. The molecular weight excluding hydrogens is 272 g/mol. The van der Waals surface area contributed by atoms with Crippen molar-refractivity contribution in [3.05, 3.63) is 0 Å². The Kier molecular flexibility index (Phi) is 12.9. The topological polar surface area (TPSA) is 72.8 Å². The first-order valence-corrected chi connectivity index (χ1v) is 8.11. The van der Waals surface area contributed by atoms with Gasteiger partial charge in [0.05, 0.1) is 0 Å². The lowest BCUT2D eigenvalue weighted by atomic mass is 10.1.